The molecule has 0 N–H and O–H groups in total. The third-order valence-corrected chi connectivity index (χ3v) is 6.62. The molecule has 1 fully saturated rings. The minimum absolute atomic E-state index is 0.0247. The van der Waals surface area contributed by atoms with Crippen molar-refractivity contribution in [2.75, 3.05) is 7.05 Å². The Morgan fingerprint density at radius 1 is 0.654 bits per heavy atom. The summed E-state index contributed by atoms with van der Waals surface area (Å²) in [7, 11) is 1.63. The maximum atomic E-state index is 12.9. The lowest BCUT2D eigenvalue weighted by Gasteiger charge is -2.46. The summed E-state index contributed by atoms with van der Waals surface area (Å²) in [6.07, 6.45) is 0. The Bertz CT molecular complexity index is 1040. The minimum Gasteiger partial charge on any atom is -0.285 e. The molecule has 3 aromatic carbocycles. The van der Waals surface area contributed by atoms with Crippen molar-refractivity contribution in [2.24, 2.45) is 11.8 Å². The van der Waals surface area contributed by atoms with Crippen molar-refractivity contribution >= 4 is 22.6 Å². The number of rotatable bonds is 0. The van der Waals surface area contributed by atoms with Crippen LogP contribution in [0.15, 0.2) is 60.7 Å². The van der Waals surface area contributed by atoms with Crippen LogP contribution in [0.4, 0.5) is 0 Å². The van der Waals surface area contributed by atoms with Crippen molar-refractivity contribution in [2.45, 2.75) is 11.8 Å². The van der Waals surface area contributed by atoms with Crippen LogP contribution in [0.2, 0.25) is 0 Å². The lowest BCUT2D eigenvalue weighted by molar-refractivity contribution is -0.138. The molecule has 0 radical (unpaired) electrons. The average molecular weight is 339 g/mol. The van der Waals surface area contributed by atoms with Crippen molar-refractivity contribution in [3.63, 3.8) is 0 Å². The zero-order valence-corrected chi connectivity index (χ0v) is 14.3. The second-order valence-corrected chi connectivity index (χ2v) is 7.70. The Balaban J connectivity index is 1.72. The Morgan fingerprint density at radius 2 is 1.08 bits per heavy atom. The number of carbonyl (C=O) groups is 2. The molecule has 3 aliphatic carbocycles. The van der Waals surface area contributed by atoms with E-state index in [2.05, 4.69) is 36.4 Å². The highest BCUT2D eigenvalue weighted by Gasteiger charge is 2.60. The molecule has 1 heterocycles. The van der Waals surface area contributed by atoms with Gasteiger partial charge in [0.05, 0.1) is 11.8 Å². The van der Waals surface area contributed by atoms with Crippen LogP contribution >= 0.6 is 0 Å². The zero-order valence-electron chi connectivity index (χ0n) is 14.3. The number of amides is 2. The van der Waals surface area contributed by atoms with Gasteiger partial charge in [0.2, 0.25) is 11.8 Å². The lowest BCUT2D eigenvalue weighted by atomic mass is 9.54. The van der Waals surface area contributed by atoms with Crippen LogP contribution in [0.1, 0.15) is 34.1 Å². The number of likely N-dealkylation sites (tertiary alicyclic amines) is 1. The van der Waals surface area contributed by atoms with Gasteiger partial charge in [0.15, 0.2) is 0 Å². The van der Waals surface area contributed by atoms with Gasteiger partial charge in [0.25, 0.3) is 0 Å². The van der Waals surface area contributed by atoms with Gasteiger partial charge in [-0.05, 0) is 33.0 Å². The van der Waals surface area contributed by atoms with Gasteiger partial charge in [-0.3, -0.25) is 14.5 Å². The third kappa shape index (κ3) is 1.50. The van der Waals surface area contributed by atoms with E-state index in [0.29, 0.717) is 0 Å². The first-order valence-corrected chi connectivity index (χ1v) is 9.09. The molecule has 4 unspecified atom stereocenters. The van der Waals surface area contributed by atoms with E-state index in [-0.39, 0.29) is 35.5 Å². The number of fused-ring (bicyclic) bond motifs is 1. The molecule has 2 bridgehead atoms. The first-order chi connectivity index (χ1) is 12.7. The minimum atomic E-state index is -0.263. The van der Waals surface area contributed by atoms with E-state index in [9.17, 15) is 9.59 Å². The van der Waals surface area contributed by atoms with Gasteiger partial charge in [-0.25, -0.2) is 0 Å². The fourth-order valence-corrected chi connectivity index (χ4v) is 5.56. The maximum Gasteiger partial charge on any atom is 0.233 e. The van der Waals surface area contributed by atoms with E-state index >= 15 is 0 Å². The Kier molecular flexibility index (Phi) is 2.53. The Hall–Kier alpha value is -2.94. The molecule has 3 heteroatoms. The van der Waals surface area contributed by atoms with Gasteiger partial charge in [0, 0.05) is 18.9 Å². The molecular formula is C23H17NO2. The molecule has 126 valence electrons. The van der Waals surface area contributed by atoms with Crippen LogP contribution in [0.3, 0.4) is 0 Å². The number of carbonyl (C=O) groups excluding carboxylic acids is 2. The molecule has 0 spiro atoms. The van der Waals surface area contributed by atoms with Crippen molar-refractivity contribution in [1.82, 2.24) is 4.90 Å². The van der Waals surface area contributed by atoms with Gasteiger partial charge in [-0.2, -0.15) is 0 Å². The van der Waals surface area contributed by atoms with Gasteiger partial charge < -0.3 is 0 Å². The lowest BCUT2D eigenvalue weighted by Crippen LogP contribution is -2.41. The van der Waals surface area contributed by atoms with E-state index in [1.54, 1.807) is 7.05 Å². The van der Waals surface area contributed by atoms with Crippen LogP contribution in [-0.4, -0.2) is 23.8 Å². The number of nitrogens with zero attached hydrogens (tertiary/aromatic N) is 1. The van der Waals surface area contributed by atoms with Crippen molar-refractivity contribution < 1.29 is 9.59 Å². The third-order valence-electron chi connectivity index (χ3n) is 6.62. The van der Waals surface area contributed by atoms with Crippen molar-refractivity contribution in [1.29, 1.82) is 0 Å². The molecule has 3 aromatic rings. The second-order valence-electron chi connectivity index (χ2n) is 7.70. The van der Waals surface area contributed by atoms with E-state index in [0.717, 1.165) is 0 Å². The first-order valence-electron chi connectivity index (χ1n) is 9.09. The fraction of sp³-hybridized carbons (Fsp3) is 0.217. The molecule has 7 rings (SSSR count). The quantitative estimate of drug-likeness (QED) is 0.586. The highest BCUT2D eigenvalue weighted by Crippen LogP contribution is 2.61. The van der Waals surface area contributed by atoms with Gasteiger partial charge in [-0.15, -0.1) is 0 Å². The van der Waals surface area contributed by atoms with Crippen molar-refractivity contribution in [3.8, 4) is 0 Å². The second kappa shape index (κ2) is 4.61. The normalized spacial score (nSPS) is 28.3. The van der Waals surface area contributed by atoms with Crippen LogP contribution in [0.25, 0.3) is 10.8 Å². The molecular weight excluding hydrogens is 322 g/mol. The maximum absolute atomic E-state index is 12.9. The number of imide groups is 1. The monoisotopic (exact) mass is 339 g/mol. The summed E-state index contributed by atoms with van der Waals surface area (Å²) in [6.45, 7) is 0. The van der Waals surface area contributed by atoms with Gasteiger partial charge >= 0.3 is 0 Å². The van der Waals surface area contributed by atoms with Crippen molar-refractivity contribution in [3.05, 3.63) is 82.9 Å². The highest BCUT2D eigenvalue weighted by molar-refractivity contribution is 6.07. The smallest absolute Gasteiger partial charge is 0.233 e. The van der Waals surface area contributed by atoms with E-state index in [1.165, 1.54) is 37.9 Å². The van der Waals surface area contributed by atoms with Gasteiger partial charge in [0.1, 0.15) is 0 Å². The fourth-order valence-electron chi connectivity index (χ4n) is 5.56. The first kappa shape index (κ1) is 14.3. The highest BCUT2D eigenvalue weighted by atomic mass is 16.2. The molecule has 1 saturated heterocycles. The molecule has 0 aromatic heterocycles. The predicted octanol–water partition coefficient (Wildman–Crippen LogP) is 3.66. The summed E-state index contributed by atoms with van der Waals surface area (Å²) < 4.78 is 0. The summed E-state index contributed by atoms with van der Waals surface area (Å²) in [4.78, 5) is 27.2. The summed E-state index contributed by atoms with van der Waals surface area (Å²) in [5, 5.41) is 2.39. The van der Waals surface area contributed by atoms with E-state index in [4.69, 9.17) is 0 Å². The standard InChI is InChI=1S/C23H17NO2/c1-24-22(25)20-18-14-8-4-5-9-15(14)19(21(20)23(24)26)17-11-13-7-3-2-6-12(13)10-16(17)18/h2-11,18-21H,1H3. The van der Waals surface area contributed by atoms with Crippen LogP contribution in [-0.2, 0) is 9.59 Å². The topological polar surface area (TPSA) is 37.4 Å². The average Bonchev–Trinajstić information content (AvgIpc) is 2.91. The van der Waals surface area contributed by atoms with Crippen LogP contribution < -0.4 is 0 Å². The summed E-state index contributed by atoms with van der Waals surface area (Å²) in [5.74, 6) is -0.627. The molecule has 1 aliphatic heterocycles. The van der Waals surface area contributed by atoms with Crippen LogP contribution in [0.5, 0.6) is 0 Å². The SMILES string of the molecule is CN1C(=O)C2C3c4ccccc4C(c4cc5ccccc5cc43)C2C1=O. The molecule has 26 heavy (non-hydrogen) atoms. The summed E-state index contributed by atoms with van der Waals surface area (Å²) in [5.41, 5.74) is 4.89. The number of hydrogen-bond donors (Lipinski definition) is 0. The van der Waals surface area contributed by atoms with Crippen LogP contribution in [0, 0.1) is 11.8 Å². The van der Waals surface area contributed by atoms with E-state index in [1.807, 2.05) is 24.3 Å². The zero-order chi connectivity index (χ0) is 17.6. The predicted molar refractivity (Wildman–Crippen MR) is 98.8 cm³/mol. The molecule has 4 aliphatic rings. The number of hydrogen-bond acceptors (Lipinski definition) is 2. The molecule has 3 nitrogen and oxygen atoms in total. The summed E-state index contributed by atoms with van der Waals surface area (Å²) >= 11 is 0. The number of benzene rings is 3. The molecule has 0 saturated carbocycles. The van der Waals surface area contributed by atoms with E-state index < -0.39 is 0 Å². The molecule has 4 atom stereocenters. The summed E-state index contributed by atoms with van der Waals surface area (Å²) in [6, 6.07) is 21.2. The van der Waals surface area contributed by atoms with Gasteiger partial charge in [-0.1, -0.05) is 60.7 Å². The molecule has 2 amide bonds. The largest absolute Gasteiger partial charge is 0.285 e. The Labute approximate surface area is 151 Å². The Morgan fingerprint density at radius 3 is 1.54 bits per heavy atom.